The van der Waals surface area contributed by atoms with Crippen molar-refractivity contribution >= 4 is 34.4 Å². The van der Waals surface area contributed by atoms with E-state index in [1.165, 1.54) is 23.9 Å². The molecule has 0 saturated heterocycles. The van der Waals surface area contributed by atoms with Crippen LogP contribution in [0.25, 0.3) is 0 Å². The number of Topliss-reactive ketones (excluding diaryl/α,β-unsaturated/α-hetero) is 1. The van der Waals surface area contributed by atoms with Crippen molar-refractivity contribution < 1.29 is 14.7 Å². The van der Waals surface area contributed by atoms with Gasteiger partial charge >= 0.3 is 0 Å². The lowest BCUT2D eigenvalue weighted by Gasteiger charge is -2.19. The molecule has 1 N–H and O–H groups in total. The van der Waals surface area contributed by atoms with Crippen LogP contribution in [-0.4, -0.2) is 21.4 Å². The van der Waals surface area contributed by atoms with Crippen LogP contribution >= 0.6 is 23.4 Å². The van der Waals surface area contributed by atoms with E-state index in [0.29, 0.717) is 10.5 Å². The lowest BCUT2D eigenvalue weighted by atomic mass is 10.1. The van der Waals surface area contributed by atoms with Crippen molar-refractivity contribution in [2.45, 2.75) is 16.6 Å². The highest BCUT2D eigenvalue weighted by Crippen LogP contribution is 2.37. The van der Waals surface area contributed by atoms with Gasteiger partial charge in [0.15, 0.2) is 5.78 Å². The molecule has 5 heteroatoms. The number of carbonyl (C=O) groups is 2. The fraction of sp³-hybridized carbons (Fsp3) is 0.200. The third kappa shape index (κ3) is 2.01. The first-order valence-corrected chi connectivity index (χ1v) is 5.56. The topological polar surface area (TPSA) is 54.4 Å². The Morgan fingerprint density at radius 1 is 1.53 bits per heavy atom. The lowest BCUT2D eigenvalue weighted by Crippen LogP contribution is -2.21. The molecule has 0 spiro atoms. The first kappa shape index (κ1) is 10.5. The van der Waals surface area contributed by atoms with Crippen LogP contribution in [0.1, 0.15) is 16.8 Å². The summed E-state index contributed by atoms with van der Waals surface area (Å²) in [6.45, 7) is 0. The number of hydrogen-bond donors (Lipinski definition) is 1. The number of rotatable bonds is 1. The highest BCUT2D eigenvalue weighted by atomic mass is 35.5. The van der Waals surface area contributed by atoms with E-state index < -0.39 is 10.5 Å². The van der Waals surface area contributed by atoms with Gasteiger partial charge in [-0.05, 0) is 29.8 Å². The monoisotopic (exact) mass is 242 g/mol. The Hall–Kier alpha value is -1.00. The van der Waals surface area contributed by atoms with Crippen LogP contribution < -0.4 is 0 Å². The van der Waals surface area contributed by atoms with Gasteiger partial charge in [0.05, 0.1) is 5.25 Å². The van der Waals surface area contributed by atoms with Crippen molar-refractivity contribution in [2.24, 2.45) is 0 Å². The summed E-state index contributed by atoms with van der Waals surface area (Å²) in [5.74, 6) is -0.0283. The van der Waals surface area contributed by atoms with Gasteiger partial charge < -0.3 is 5.11 Å². The second-order valence-electron chi connectivity index (χ2n) is 3.22. The molecule has 1 atom stereocenters. The van der Waals surface area contributed by atoms with Crippen LogP contribution in [0.2, 0.25) is 0 Å². The number of phenolic OH excluding ortho intramolecular Hbond substituents is 1. The number of hydrogen-bond acceptors (Lipinski definition) is 4. The third-order valence-electron chi connectivity index (χ3n) is 2.16. The Kier molecular flexibility index (Phi) is 2.71. The highest BCUT2D eigenvalue weighted by molar-refractivity contribution is 8.01. The van der Waals surface area contributed by atoms with Crippen LogP contribution in [0.4, 0.5) is 0 Å². The van der Waals surface area contributed by atoms with Gasteiger partial charge in [0.1, 0.15) is 5.75 Å². The van der Waals surface area contributed by atoms with Gasteiger partial charge in [-0.2, -0.15) is 0 Å². The molecule has 1 aliphatic heterocycles. The van der Waals surface area contributed by atoms with Crippen LogP contribution in [0.3, 0.4) is 0 Å². The maximum atomic E-state index is 11.6. The molecule has 1 unspecified atom stereocenters. The fourth-order valence-corrected chi connectivity index (χ4v) is 2.78. The SMILES string of the molecule is O=C1CC(C(=O)Cl)Sc2cc(O)ccc21. The Morgan fingerprint density at radius 3 is 2.93 bits per heavy atom. The summed E-state index contributed by atoms with van der Waals surface area (Å²) in [5, 5.41) is 8.20. The molecule has 1 aromatic carbocycles. The quantitative estimate of drug-likeness (QED) is 0.767. The number of thioether (sulfide) groups is 1. The highest BCUT2D eigenvalue weighted by Gasteiger charge is 2.29. The molecule has 1 aromatic rings. The van der Waals surface area contributed by atoms with Crippen molar-refractivity contribution in [3.8, 4) is 5.75 Å². The zero-order valence-electron chi connectivity index (χ0n) is 7.57. The third-order valence-corrected chi connectivity index (χ3v) is 3.81. The van der Waals surface area contributed by atoms with Gasteiger partial charge in [-0.3, -0.25) is 9.59 Å². The minimum absolute atomic E-state index is 0.0803. The summed E-state index contributed by atoms with van der Waals surface area (Å²) in [7, 11) is 0. The fourth-order valence-electron chi connectivity index (χ4n) is 1.44. The van der Waals surface area contributed by atoms with E-state index in [9.17, 15) is 14.7 Å². The van der Waals surface area contributed by atoms with E-state index in [1.54, 1.807) is 6.07 Å². The molecule has 2 rings (SSSR count). The minimum Gasteiger partial charge on any atom is -0.508 e. The maximum absolute atomic E-state index is 11.6. The molecule has 0 aliphatic carbocycles. The number of ketones is 1. The molecule has 15 heavy (non-hydrogen) atoms. The van der Waals surface area contributed by atoms with Crippen molar-refractivity contribution in [1.29, 1.82) is 0 Å². The van der Waals surface area contributed by atoms with Gasteiger partial charge in [-0.15, -0.1) is 11.8 Å². The van der Waals surface area contributed by atoms with E-state index in [1.807, 2.05) is 0 Å². The molecular formula is C10H7ClO3S. The van der Waals surface area contributed by atoms with Crippen molar-refractivity contribution in [1.82, 2.24) is 0 Å². The molecule has 0 fully saturated rings. The number of fused-ring (bicyclic) bond motifs is 1. The summed E-state index contributed by atoms with van der Waals surface area (Å²) in [6, 6.07) is 4.50. The van der Waals surface area contributed by atoms with Gasteiger partial charge in [0.25, 0.3) is 0 Å². The number of phenols is 1. The van der Waals surface area contributed by atoms with Gasteiger partial charge in [-0.25, -0.2) is 0 Å². The predicted octanol–water partition coefficient (Wildman–Crippen LogP) is 2.20. The Morgan fingerprint density at radius 2 is 2.27 bits per heavy atom. The zero-order valence-corrected chi connectivity index (χ0v) is 9.14. The molecule has 1 heterocycles. The van der Waals surface area contributed by atoms with Crippen LogP contribution in [0, 0.1) is 0 Å². The first-order valence-electron chi connectivity index (χ1n) is 4.30. The van der Waals surface area contributed by atoms with Crippen LogP contribution in [-0.2, 0) is 4.79 Å². The van der Waals surface area contributed by atoms with Crippen LogP contribution in [0.5, 0.6) is 5.75 Å². The van der Waals surface area contributed by atoms with Crippen molar-refractivity contribution in [3.05, 3.63) is 23.8 Å². The second kappa shape index (κ2) is 3.87. The van der Waals surface area contributed by atoms with E-state index in [4.69, 9.17) is 11.6 Å². The molecule has 0 saturated carbocycles. The molecule has 0 amide bonds. The number of carbonyl (C=O) groups excluding carboxylic acids is 2. The summed E-state index contributed by atoms with van der Waals surface area (Å²) >= 11 is 6.57. The standard InChI is InChI=1S/C10H7ClO3S/c11-10(14)9-4-7(13)6-2-1-5(12)3-8(6)15-9/h1-3,9,12H,4H2. The molecule has 78 valence electrons. The zero-order chi connectivity index (χ0) is 11.0. The largest absolute Gasteiger partial charge is 0.508 e. The van der Waals surface area contributed by atoms with E-state index in [2.05, 4.69) is 0 Å². The molecule has 3 nitrogen and oxygen atoms in total. The Labute approximate surface area is 95.4 Å². The van der Waals surface area contributed by atoms with Gasteiger partial charge in [0.2, 0.25) is 5.24 Å². The Bertz CT molecular complexity index is 444. The second-order valence-corrected chi connectivity index (χ2v) is 4.84. The number of benzene rings is 1. The number of halogens is 1. The summed E-state index contributed by atoms with van der Waals surface area (Å²) in [5.41, 5.74) is 0.548. The average molecular weight is 243 g/mol. The van der Waals surface area contributed by atoms with Crippen molar-refractivity contribution in [2.75, 3.05) is 0 Å². The summed E-state index contributed by atoms with van der Waals surface area (Å²) < 4.78 is 0. The molecule has 0 bridgehead atoms. The Balaban J connectivity index is 2.41. The molecule has 1 aliphatic rings. The maximum Gasteiger partial charge on any atom is 0.235 e. The normalized spacial score (nSPS) is 19.8. The smallest absolute Gasteiger partial charge is 0.235 e. The summed E-state index contributed by atoms with van der Waals surface area (Å²) in [4.78, 5) is 23.2. The average Bonchev–Trinajstić information content (AvgIpc) is 2.16. The summed E-state index contributed by atoms with van der Waals surface area (Å²) in [6.07, 6.45) is 0.130. The van der Waals surface area contributed by atoms with E-state index in [-0.39, 0.29) is 18.0 Å². The number of aromatic hydroxyl groups is 1. The lowest BCUT2D eigenvalue weighted by molar-refractivity contribution is -0.111. The van der Waals surface area contributed by atoms with E-state index in [0.717, 1.165) is 0 Å². The predicted molar refractivity (Wildman–Crippen MR) is 57.6 cm³/mol. The van der Waals surface area contributed by atoms with Gasteiger partial charge in [-0.1, -0.05) is 0 Å². The van der Waals surface area contributed by atoms with Crippen molar-refractivity contribution in [3.63, 3.8) is 0 Å². The minimum atomic E-state index is -0.534. The van der Waals surface area contributed by atoms with E-state index >= 15 is 0 Å². The van der Waals surface area contributed by atoms with Gasteiger partial charge in [0, 0.05) is 16.9 Å². The molecular weight excluding hydrogens is 236 g/mol. The van der Waals surface area contributed by atoms with Crippen LogP contribution in [0.15, 0.2) is 23.1 Å². The first-order chi connectivity index (χ1) is 7.08. The molecule has 0 aromatic heterocycles. The molecule has 0 radical (unpaired) electrons.